The maximum Gasteiger partial charge on any atom is 0.244 e. The van der Waals surface area contributed by atoms with Gasteiger partial charge in [0.15, 0.2) is 0 Å². The summed E-state index contributed by atoms with van der Waals surface area (Å²) in [4.78, 5) is 13.3. The van der Waals surface area contributed by atoms with Gasteiger partial charge < -0.3 is 10.2 Å². The fourth-order valence-electron chi connectivity index (χ4n) is 1.74. The maximum absolute atomic E-state index is 12.9. The minimum absolute atomic E-state index is 0.0560. The average molecular weight is 243 g/mol. The van der Waals surface area contributed by atoms with Crippen LogP contribution in [0.5, 0.6) is 0 Å². The molecule has 1 amide bonds. The van der Waals surface area contributed by atoms with E-state index in [1.807, 2.05) is 0 Å². The molecule has 1 aromatic rings. The zero-order chi connectivity index (χ0) is 11.7. The number of benzene rings is 1. The minimum Gasteiger partial charge on any atom is -0.374 e. The van der Waals surface area contributed by atoms with Crippen molar-refractivity contribution in [2.45, 2.75) is 12.5 Å². The lowest BCUT2D eigenvalue weighted by molar-refractivity contribution is -0.127. The van der Waals surface area contributed by atoms with Crippen molar-refractivity contribution in [3.63, 3.8) is 0 Å². The van der Waals surface area contributed by atoms with Crippen LogP contribution in [0.3, 0.4) is 0 Å². The molecule has 16 heavy (non-hydrogen) atoms. The monoisotopic (exact) mass is 242 g/mol. The van der Waals surface area contributed by atoms with Gasteiger partial charge in [0.05, 0.1) is 5.02 Å². The van der Waals surface area contributed by atoms with Gasteiger partial charge in [0.1, 0.15) is 11.9 Å². The molecule has 1 atom stereocenters. The van der Waals surface area contributed by atoms with Gasteiger partial charge in [-0.3, -0.25) is 4.79 Å². The van der Waals surface area contributed by atoms with Gasteiger partial charge in [-0.25, -0.2) is 4.39 Å². The van der Waals surface area contributed by atoms with Gasteiger partial charge in [-0.1, -0.05) is 11.6 Å². The Morgan fingerprint density at radius 2 is 2.31 bits per heavy atom. The molecular formula is C11H12ClFN2O. The molecule has 1 aliphatic rings. The van der Waals surface area contributed by atoms with Crippen molar-refractivity contribution in [1.29, 1.82) is 0 Å². The van der Waals surface area contributed by atoms with Crippen molar-refractivity contribution in [2.75, 3.05) is 18.9 Å². The van der Waals surface area contributed by atoms with Crippen LogP contribution in [-0.2, 0) is 4.79 Å². The van der Waals surface area contributed by atoms with E-state index < -0.39 is 5.82 Å². The molecule has 1 N–H and O–H groups in total. The van der Waals surface area contributed by atoms with Gasteiger partial charge >= 0.3 is 0 Å². The highest BCUT2D eigenvalue weighted by molar-refractivity contribution is 6.31. The number of hydrogen-bond acceptors (Lipinski definition) is 2. The number of rotatable bonds is 2. The first-order valence-corrected chi connectivity index (χ1v) is 5.42. The molecule has 1 aromatic carbocycles. The maximum atomic E-state index is 12.9. The highest BCUT2D eigenvalue weighted by atomic mass is 35.5. The largest absolute Gasteiger partial charge is 0.374 e. The van der Waals surface area contributed by atoms with Crippen LogP contribution in [0.1, 0.15) is 6.42 Å². The molecule has 3 nitrogen and oxygen atoms in total. The number of carbonyl (C=O) groups is 1. The van der Waals surface area contributed by atoms with E-state index in [9.17, 15) is 9.18 Å². The molecule has 0 saturated carbocycles. The normalized spacial score (nSPS) is 20.3. The third kappa shape index (κ3) is 2.11. The molecule has 5 heteroatoms. The van der Waals surface area contributed by atoms with E-state index in [-0.39, 0.29) is 17.0 Å². The zero-order valence-electron chi connectivity index (χ0n) is 8.84. The van der Waals surface area contributed by atoms with E-state index in [4.69, 9.17) is 11.6 Å². The Labute approximate surface area is 98.2 Å². The van der Waals surface area contributed by atoms with Gasteiger partial charge in [-0.05, 0) is 24.6 Å². The SMILES string of the molecule is CN1CCC(Nc2ccc(F)c(Cl)c2)C1=O. The molecule has 1 aliphatic heterocycles. The lowest BCUT2D eigenvalue weighted by Crippen LogP contribution is -2.30. The van der Waals surface area contributed by atoms with Crippen LogP contribution in [0.4, 0.5) is 10.1 Å². The summed E-state index contributed by atoms with van der Waals surface area (Å²) >= 11 is 5.65. The van der Waals surface area contributed by atoms with Crippen LogP contribution in [0.15, 0.2) is 18.2 Å². The second kappa shape index (κ2) is 4.29. The topological polar surface area (TPSA) is 32.3 Å². The summed E-state index contributed by atoms with van der Waals surface area (Å²) in [6.07, 6.45) is 0.754. The first-order chi connectivity index (χ1) is 7.58. The molecule has 86 valence electrons. The Balaban J connectivity index is 2.10. The summed E-state index contributed by atoms with van der Waals surface area (Å²) in [6.45, 7) is 0.741. The Morgan fingerprint density at radius 1 is 1.56 bits per heavy atom. The van der Waals surface area contributed by atoms with Crippen LogP contribution in [-0.4, -0.2) is 30.4 Å². The number of anilines is 1. The van der Waals surface area contributed by atoms with Crippen LogP contribution in [0, 0.1) is 5.82 Å². The lowest BCUT2D eigenvalue weighted by Gasteiger charge is -2.13. The fourth-order valence-corrected chi connectivity index (χ4v) is 1.92. The number of nitrogens with zero attached hydrogens (tertiary/aromatic N) is 1. The number of likely N-dealkylation sites (tertiary alicyclic amines) is 1. The van der Waals surface area contributed by atoms with Gasteiger partial charge in [-0.2, -0.15) is 0 Å². The molecular weight excluding hydrogens is 231 g/mol. The number of nitrogens with one attached hydrogen (secondary N) is 1. The van der Waals surface area contributed by atoms with Gasteiger partial charge in [-0.15, -0.1) is 0 Å². The standard InChI is InChI=1S/C11H12ClFN2O/c1-15-5-4-10(11(15)16)14-7-2-3-9(13)8(12)6-7/h2-3,6,10,14H,4-5H2,1H3. The zero-order valence-corrected chi connectivity index (χ0v) is 9.59. The summed E-state index contributed by atoms with van der Waals surface area (Å²) in [6, 6.07) is 4.12. The van der Waals surface area contributed by atoms with E-state index in [1.54, 1.807) is 18.0 Å². The molecule has 0 bridgehead atoms. The third-order valence-electron chi connectivity index (χ3n) is 2.69. The number of hydrogen-bond donors (Lipinski definition) is 1. The number of carbonyl (C=O) groups excluding carboxylic acids is 1. The Morgan fingerprint density at radius 3 is 2.88 bits per heavy atom. The van der Waals surface area contributed by atoms with Crippen molar-refractivity contribution in [3.8, 4) is 0 Å². The summed E-state index contributed by atoms with van der Waals surface area (Å²) in [7, 11) is 1.77. The molecule has 1 fully saturated rings. The molecule has 1 unspecified atom stereocenters. The summed E-state index contributed by atoms with van der Waals surface area (Å²) < 4.78 is 12.9. The van der Waals surface area contributed by atoms with E-state index in [0.29, 0.717) is 5.69 Å². The molecule has 0 radical (unpaired) electrons. The van der Waals surface area contributed by atoms with Crippen molar-refractivity contribution >= 4 is 23.2 Å². The van der Waals surface area contributed by atoms with E-state index in [0.717, 1.165) is 13.0 Å². The van der Waals surface area contributed by atoms with E-state index in [1.165, 1.54) is 12.1 Å². The average Bonchev–Trinajstić information content (AvgIpc) is 2.55. The van der Waals surface area contributed by atoms with Crippen LogP contribution in [0.25, 0.3) is 0 Å². The number of halogens is 2. The smallest absolute Gasteiger partial charge is 0.244 e. The molecule has 0 aromatic heterocycles. The number of likely N-dealkylation sites (N-methyl/N-ethyl adjacent to an activating group) is 1. The predicted octanol–water partition coefficient (Wildman–Crippen LogP) is 2.12. The van der Waals surface area contributed by atoms with Gasteiger partial charge in [0.25, 0.3) is 0 Å². The first kappa shape index (κ1) is 11.2. The predicted molar refractivity (Wildman–Crippen MR) is 61.1 cm³/mol. The Hall–Kier alpha value is -1.29. The van der Waals surface area contributed by atoms with Crippen LogP contribution >= 0.6 is 11.6 Å². The summed E-state index contributed by atoms with van der Waals surface area (Å²) in [5.41, 5.74) is 0.667. The molecule has 0 spiro atoms. The van der Waals surface area contributed by atoms with E-state index in [2.05, 4.69) is 5.32 Å². The minimum atomic E-state index is -0.456. The molecule has 1 saturated heterocycles. The van der Waals surface area contributed by atoms with Gasteiger partial charge in [0, 0.05) is 19.3 Å². The fraction of sp³-hybridized carbons (Fsp3) is 0.364. The highest BCUT2D eigenvalue weighted by Crippen LogP contribution is 2.21. The summed E-state index contributed by atoms with van der Waals surface area (Å²) in [5, 5.41) is 3.11. The second-order valence-corrected chi connectivity index (χ2v) is 4.28. The molecule has 1 heterocycles. The Kier molecular flexibility index (Phi) is 3.01. The molecule has 2 rings (SSSR count). The van der Waals surface area contributed by atoms with Gasteiger partial charge in [0.2, 0.25) is 5.91 Å². The van der Waals surface area contributed by atoms with Crippen LogP contribution < -0.4 is 5.32 Å². The molecule has 0 aliphatic carbocycles. The van der Waals surface area contributed by atoms with Crippen molar-refractivity contribution in [2.24, 2.45) is 0 Å². The number of amides is 1. The quantitative estimate of drug-likeness (QED) is 0.862. The third-order valence-corrected chi connectivity index (χ3v) is 2.98. The summed E-state index contributed by atoms with van der Waals surface area (Å²) in [5.74, 6) is -0.400. The Bertz CT molecular complexity index is 424. The van der Waals surface area contributed by atoms with Crippen LogP contribution in [0.2, 0.25) is 5.02 Å². The highest BCUT2D eigenvalue weighted by Gasteiger charge is 2.28. The van der Waals surface area contributed by atoms with E-state index >= 15 is 0 Å². The second-order valence-electron chi connectivity index (χ2n) is 3.87. The van der Waals surface area contributed by atoms with Crippen molar-refractivity contribution < 1.29 is 9.18 Å². The lowest BCUT2D eigenvalue weighted by atomic mass is 10.2. The van der Waals surface area contributed by atoms with Crippen molar-refractivity contribution in [1.82, 2.24) is 4.90 Å². The first-order valence-electron chi connectivity index (χ1n) is 5.04. The van der Waals surface area contributed by atoms with Crippen molar-refractivity contribution in [3.05, 3.63) is 29.0 Å².